The minimum atomic E-state index is -0.428. The molecule has 0 radical (unpaired) electrons. The Morgan fingerprint density at radius 2 is 1.77 bits per heavy atom. The number of hydrogen-bond acceptors (Lipinski definition) is 3. The monoisotopic (exact) mass is 409 g/mol. The second kappa shape index (κ2) is 8.94. The Morgan fingerprint density at radius 1 is 1.00 bits per heavy atom. The highest BCUT2D eigenvalue weighted by Gasteiger charge is 2.24. The van der Waals surface area contributed by atoms with Crippen molar-refractivity contribution in [1.82, 2.24) is 24.7 Å². The Morgan fingerprint density at radius 3 is 2.57 bits per heavy atom. The van der Waals surface area contributed by atoms with Gasteiger partial charge in [0.2, 0.25) is 0 Å². The number of urea groups is 1. The number of halogens is 1. The highest BCUT2D eigenvalue weighted by molar-refractivity contribution is 5.94. The van der Waals surface area contributed by atoms with Gasteiger partial charge in [0.25, 0.3) is 5.91 Å². The van der Waals surface area contributed by atoms with Gasteiger partial charge in [-0.05, 0) is 36.8 Å². The van der Waals surface area contributed by atoms with Gasteiger partial charge >= 0.3 is 6.03 Å². The smallest absolute Gasteiger partial charge is 0.317 e. The van der Waals surface area contributed by atoms with E-state index in [2.05, 4.69) is 14.9 Å². The summed E-state index contributed by atoms with van der Waals surface area (Å²) in [6.07, 6.45) is 2.62. The summed E-state index contributed by atoms with van der Waals surface area (Å²) in [4.78, 5) is 32.6. The number of nitrogens with one attached hydrogen (secondary N) is 1. The number of fused-ring (bicyclic) bond motifs is 1. The summed E-state index contributed by atoms with van der Waals surface area (Å²) in [6.45, 7) is 3.12. The maximum absolute atomic E-state index is 13.3. The second-order valence-electron chi connectivity index (χ2n) is 7.30. The fraction of sp³-hybridized carbons (Fsp3) is 0.318. The average Bonchev–Trinajstić information content (AvgIpc) is 3.19. The van der Waals surface area contributed by atoms with Crippen LogP contribution in [0.3, 0.4) is 0 Å². The first-order chi connectivity index (χ1) is 14.6. The molecule has 1 saturated heterocycles. The molecule has 1 aromatic heterocycles. The fourth-order valence-electron chi connectivity index (χ4n) is 3.66. The largest absolute Gasteiger partial charge is 0.338 e. The molecule has 0 unspecified atom stereocenters. The van der Waals surface area contributed by atoms with Crippen LogP contribution in [0.5, 0.6) is 0 Å². The highest BCUT2D eigenvalue weighted by atomic mass is 19.1. The lowest BCUT2D eigenvalue weighted by atomic mass is 10.2. The molecule has 0 saturated carbocycles. The molecule has 3 aromatic rings. The highest BCUT2D eigenvalue weighted by Crippen LogP contribution is 2.12. The Labute approximate surface area is 174 Å². The van der Waals surface area contributed by atoms with E-state index in [1.165, 1.54) is 18.2 Å². The van der Waals surface area contributed by atoms with Crippen molar-refractivity contribution in [3.8, 4) is 0 Å². The van der Waals surface area contributed by atoms with Crippen molar-refractivity contribution in [3.63, 3.8) is 0 Å². The molecular formula is C22H24FN5O2. The predicted octanol–water partition coefficient (Wildman–Crippen LogP) is 2.73. The van der Waals surface area contributed by atoms with Crippen LogP contribution in [0.2, 0.25) is 0 Å². The van der Waals surface area contributed by atoms with Gasteiger partial charge in [0.05, 0.1) is 17.4 Å². The molecule has 30 heavy (non-hydrogen) atoms. The summed E-state index contributed by atoms with van der Waals surface area (Å²) in [7, 11) is 0. The molecule has 0 atom stereocenters. The van der Waals surface area contributed by atoms with E-state index in [0.29, 0.717) is 38.3 Å². The summed E-state index contributed by atoms with van der Waals surface area (Å²) in [5.41, 5.74) is 2.38. The van der Waals surface area contributed by atoms with Gasteiger partial charge in [0.1, 0.15) is 5.82 Å². The number of para-hydroxylation sites is 2. The molecule has 7 nitrogen and oxygen atoms in total. The van der Waals surface area contributed by atoms with Crippen molar-refractivity contribution in [1.29, 1.82) is 0 Å². The maximum atomic E-state index is 13.3. The topological polar surface area (TPSA) is 70.5 Å². The van der Waals surface area contributed by atoms with Crippen LogP contribution in [0.4, 0.5) is 9.18 Å². The van der Waals surface area contributed by atoms with Gasteiger partial charge in [-0.2, -0.15) is 0 Å². The molecular weight excluding hydrogens is 385 g/mol. The first-order valence-corrected chi connectivity index (χ1v) is 10.1. The van der Waals surface area contributed by atoms with Crippen LogP contribution >= 0.6 is 0 Å². The Balaban J connectivity index is 1.20. The summed E-state index contributed by atoms with van der Waals surface area (Å²) >= 11 is 0. The molecule has 4 rings (SSSR count). The van der Waals surface area contributed by atoms with Crippen molar-refractivity contribution in [2.75, 3.05) is 32.7 Å². The fourth-order valence-corrected chi connectivity index (χ4v) is 3.66. The second-order valence-corrected chi connectivity index (χ2v) is 7.30. The van der Waals surface area contributed by atoms with Gasteiger partial charge in [0, 0.05) is 44.8 Å². The van der Waals surface area contributed by atoms with Crippen LogP contribution in [0, 0.1) is 5.82 Å². The summed E-state index contributed by atoms with van der Waals surface area (Å²) in [6, 6.07) is 13.5. The minimum Gasteiger partial charge on any atom is -0.338 e. The van der Waals surface area contributed by atoms with E-state index >= 15 is 0 Å². The van der Waals surface area contributed by atoms with Gasteiger partial charge in [0.15, 0.2) is 0 Å². The number of carbonyl (C=O) groups excluding carboxylic acids is 2. The number of nitrogens with zero attached hydrogens (tertiary/aromatic N) is 4. The molecule has 3 amide bonds. The lowest BCUT2D eigenvalue weighted by Gasteiger charge is -2.34. The SMILES string of the molecule is O=C(NCCCn1cnc2ccccc21)N1CCN(C(=O)c2cccc(F)c2)CC1. The van der Waals surface area contributed by atoms with E-state index in [9.17, 15) is 14.0 Å². The van der Waals surface area contributed by atoms with Crippen LogP contribution < -0.4 is 5.32 Å². The number of imidazole rings is 1. The number of carbonyl (C=O) groups is 2. The number of hydrogen-bond donors (Lipinski definition) is 1. The molecule has 0 aliphatic carbocycles. The zero-order valence-electron chi connectivity index (χ0n) is 16.6. The van der Waals surface area contributed by atoms with E-state index < -0.39 is 5.82 Å². The Kier molecular flexibility index (Phi) is 5.92. The van der Waals surface area contributed by atoms with Gasteiger partial charge in [-0.1, -0.05) is 18.2 Å². The third-order valence-corrected chi connectivity index (χ3v) is 5.31. The summed E-state index contributed by atoms with van der Waals surface area (Å²) in [5, 5.41) is 2.95. The number of benzene rings is 2. The lowest BCUT2D eigenvalue weighted by Crippen LogP contribution is -2.53. The Hall–Kier alpha value is -3.42. The van der Waals surface area contributed by atoms with E-state index in [-0.39, 0.29) is 11.9 Å². The molecule has 2 heterocycles. The normalized spacial score (nSPS) is 14.2. The summed E-state index contributed by atoms with van der Waals surface area (Å²) < 4.78 is 15.4. The molecule has 1 fully saturated rings. The van der Waals surface area contributed by atoms with Crippen LogP contribution in [0.15, 0.2) is 54.9 Å². The lowest BCUT2D eigenvalue weighted by molar-refractivity contribution is 0.0664. The Bertz CT molecular complexity index is 1040. The van der Waals surface area contributed by atoms with Crippen molar-refractivity contribution < 1.29 is 14.0 Å². The molecule has 1 aliphatic heterocycles. The van der Waals surface area contributed by atoms with Crippen LogP contribution in [0.25, 0.3) is 11.0 Å². The molecule has 1 aliphatic rings. The zero-order chi connectivity index (χ0) is 20.9. The third-order valence-electron chi connectivity index (χ3n) is 5.31. The van der Waals surface area contributed by atoms with Crippen molar-refractivity contribution in [2.24, 2.45) is 0 Å². The van der Waals surface area contributed by atoms with Gasteiger partial charge < -0.3 is 19.7 Å². The number of piperazine rings is 1. The first kappa shape index (κ1) is 19.9. The van der Waals surface area contributed by atoms with E-state index in [4.69, 9.17) is 0 Å². The molecule has 156 valence electrons. The number of aromatic nitrogens is 2. The maximum Gasteiger partial charge on any atom is 0.317 e. The van der Waals surface area contributed by atoms with Crippen molar-refractivity contribution >= 4 is 23.0 Å². The van der Waals surface area contributed by atoms with E-state index in [1.54, 1.807) is 15.9 Å². The predicted molar refractivity (Wildman–Crippen MR) is 112 cm³/mol. The van der Waals surface area contributed by atoms with Gasteiger partial charge in [-0.25, -0.2) is 14.2 Å². The molecule has 2 aromatic carbocycles. The van der Waals surface area contributed by atoms with Crippen molar-refractivity contribution in [2.45, 2.75) is 13.0 Å². The van der Waals surface area contributed by atoms with Crippen LogP contribution in [-0.2, 0) is 6.54 Å². The third kappa shape index (κ3) is 4.42. The molecule has 8 heteroatoms. The number of aryl methyl sites for hydroxylation is 1. The zero-order valence-corrected chi connectivity index (χ0v) is 16.6. The van der Waals surface area contributed by atoms with Crippen LogP contribution in [-0.4, -0.2) is 64.0 Å². The molecule has 0 spiro atoms. The minimum absolute atomic E-state index is 0.122. The van der Waals surface area contributed by atoms with E-state index in [1.807, 2.05) is 30.6 Å². The molecule has 1 N–H and O–H groups in total. The average molecular weight is 409 g/mol. The summed E-state index contributed by atoms with van der Waals surface area (Å²) in [5.74, 6) is -0.635. The van der Waals surface area contributed by atoms with Gasteiger partial charge in [-0.3, -0.25) is 4.79 Å². The standard InChI is InChI=1S/C22H24FN5O2/c23-18-6-3-5-17(15-18)21(29)26-11-13-27(14-12-26)22(30)24-9-4-10-28-16-25-19-7-1-2-8-20(19)28/h1-3,5-8,15-16H,4,9-14H2,(H,24,30). The molecule has 0 bridgehead atoms. The quantitative estimate of drug-likeness (QED) is 0.659. The number of amides is 3. The van der Waals surface area contributed by atoms with Gasteiger partial charge in [-0.15, -0.1) is 0 Å². The van der Waals surface area contributed by atoms with E-state index in [0.717, 1.165) is 24.0 Å². The van der Waals surface area contributed by atoms with Crippen LogP contribution in [0.1, 0.15) is 16.8 Å². The number of rotatable bonds is 5. The first-order valence-electron chi connectivity index (χ1n) is 10.1. The van der Waals surface area contributed by atoms with Crippen molar-refractivity contribution in [3.05, 3.63) is 66.2 Å².